The van der Waals surface area contributed by atoms with E-state index >= 15 is 0 Å². The van der Waals surface area contributed by atoms with E-state index in [0.717, 1.165) is 34.4 Å². The van der Waals surface area contributed by atoms with E-state index in [4.69, 9.17) is 28.9 Å². The highest BCUT2D eigenvalue weighted by Crippen LogP contribution is 2.41. The van der Waals surface area contributed by atoms with Gasteiger partial charge in [-0.15, -0.1) is 0 Å². The normalized spacial score (nSPS) is 27.6. The van der Waals surface area contributed by atoms with E-state index < -0.39 is 0 Å². The Morgan fingerprint density at radius 1 is 1.20 bits per heavy atom. The van der Waals surface area contributed by atoms with Crippen molar-refractivity contribution in [3.05, 3.63) is 33.8 Å². The number of hydrogen-bond donors (Lipinski definition) is 1. The minimum absolute atomic E-state index is 0.281. The minimum atomic E-state index is 0.281. The van der Waals surface area contributed by atoms with E-state index in [1.807, 2.05) is 18.2 Å². The SMILES string of the molecule is CC(C)(C)C1CCC(N)C(Cc2cc(Cl)ccc2Cl)C1. The van der Waals surface area contributed by atoms with Gasteiger partial charge in [-0.3, -0.25) is 0 Å². The average molecular weight is 314 g/mol. The second-order valence-corrected chi connectivity index (χ2v) is 8.08. The zero-order valence-corrected chi connectivity index (χ0v) is 14.1. The first-order valence-electron chi connectivity index (χ1n) is 7.47. The molecule has 3 heteroatoms. The summed E-state index contributed by atoms with van der Waals surface area (Å²) in [6.45, 7) is 6.99. The van der Waals surface area contributed by atoms with E-state index in [2.05, 4.69) is 20.8 Å². The van der Waals surface area contributed by atoms with Crippen LogP contribution in [0.4, 0.5) is 0 Å². The molecule has 3 atom stereocenters. The molecule has 2 N–H and O–H groups in total. The van der Waals surface area contributed by atoms with Gasteiger partial charge in [0.05, 0.1) is 0 Å². The maximum atomic E-state index is 6.34. The Bertz CT molecular complexity index is 465. The zero-order valence-electron chi connectivity index (χ0n) is 12.6. The van der Waals surface area contributed by atoms with Crippen LogP contribution in [0.2, 0.25) is 10.0 Å². The third kappa shape index (κ3) is 3.90. The Labute approximate surface area is 132 Å². The summed E-state index contributed by atoms with van der Waals surface area (Å²) < 4.78 is 0. The van der Waals surface area contributed by atoms with Crippen LogP contribution < -0.4 is 5.73 Å². The van der Waals surface area contributed by atoms with Gasteiger partial charge in [-0.2, -0.15) is 0 Å². The smallest absolute Gasteiger partial charge is 0.0439 e. The number of benzene rings is 1. The molecule has 0 amide bonds. The van der Waals surface area contributed by atoms with Crippen LogP contribution in [0, 0.1) is 17.3 Å². The van der Waals surface area contributed by atoms with Gasteiger partial charge in [-0.25, -0.2) is 0 Å². The van der Waals surface area contributed by atoms with Crippen LogP contribution in [0.1, 0.15) is 45.6 Å². The van der Waals surface area contributed by atoms with E-state index in [1.54, 1.807) is 0 Å². The van der Waals surface area contributed by atoms with Crippen LogP contribution in [0.5, 0.6) is 0 Å². The predicted octanol–water partition coefficient (Wildman–Crippen LogP) is 5.33. The van der Waals surface area contributed by atoms with Crippen LogP contribution in [0.15, 0.2) is 18.2 Å². The summed E-state index contributed by atoms with van der Waals surface area (Å²) in [6.07, 6.45) is 4.48. The lowest BCUT2D eigenvalue weighted by atomic mass is 9.66. The molecular weight excluding hydrogens is 289 g/mol. The molecule has 0 radical (unpaired) electrons. The van der Waals surface area contributed by atoms with Gasteiger partial charge in [0.2, 0.25) is 0 Å². The van der Waals surface area contributed by atoms with Gasteiger partial charge in [0.25, 0.3) is 0 Å². The molecule has 0 bridgehead atoms. The molecular formula is C17H25Cl2N. The van der Waals surface area contributed by atoms with Crippen molar-refractivity contribution in [1.82, 2.24) is 0 Å². The second kappa shape index (κ2) is 6.25. The number of rotatable bonds is 2. The Morgan fingerprint density at radius 2 is 1.90 bits per heavy atom. The van der Waals surface area contributed by atoms with Crippen LogP contribution in [-0.4, -0.2) is 6.04 Å². The van der Waals surface area contributed by atoms with Crippen molar-refractivity contribution < 1.29 is 0 Å². The zero-order chi connectivity index (χ0) is 14.9. The van der Waals surface area contributed by atoms with Gasteiger partial charge in [0, 0.05) is 16.1 Å². The van der Waals surface area contributed by atoms with Gasteiger partial charge < -0.3 is 5.73 Å². The molecule has 112 valence electrons. The van der Waals surface area contributed by atoms with Crippen LogP contribution >= 0.6 is 23.2 Å². The Morgan fingerprint density at radius 3 is 2.55 bits per heavy atom. The molecule has 0 aliphatic heterocycles. The fourth-order valence-corrected chi connectivity index (χ4v) is 3.68. The van der Waals surface area contributed by atoms with Gasteiger partial charge in [-0.05, 0) is 66.7 Å². The molecule has 1 fully saturated rings. The first-order valence-corrected chi connectivity index (χ1v) is 8.22. The molecule has 3 unspecified atom stereocenters. The molecule has 1 aliphatic carbocycles. The van der Waals surface area contributed by atoms with Crippen LogP contribution in [-0.2, 0) is 6.42 Å². The number of hydrogen-bond acceptors (Lipinski definition) is 1. The number of halogens is 2. The van der Waals surface area contributed by atoms with Crippen molar-refractivity contribution in [2.45, 2.75) is 52.5 Å². The van der Waals surface area contributed by atoms with Crippen molar-refractivity contribution in [2.24, 2.45) is 23.0 Å². The minimum Gasteiger partial charge on any atom is -0.327 e. The Kier molecular flexibility index (Phi) is 5.05. The lowest BCUT2D eigenvalue weighted by molar-refractivity contribution is 0.127. The molecule has 2 rings (SSSR count). The fourth-order valence-electron chi connectivity index (χ4n) is 3.29. The molecule has 0 saturated heterocycles. The molecule has 0 heterocycles. The Hall–Kier alpha value is -0.240. The summed E-state index contributed by atoms with van der Waals surface area (Å²) in [4.78, 5) is 0. The third-order valence-electron chi connectivity index (χ3n) is 4.76. The first-order chi connectivity index (χ1) is 9.27. The molecule has 1 aromatic rings. The van der Waals surface area contributed by atoms with Gasteiger partial charge in [0.15, 0.2) is 0 Å². The molecule has 1 nitrogen and oxygen atoms in total. The monoisotopic (exact) mass is 313 g/mol. The van der Waals surface area contributed by atoms with Crippen LogP contribution in [0.25, 0.3) is 0 Å². The maximum Gasteiger partial charge on any atom is 0.0439 e. The first kappa shape index (κ1) is 16.1. The fraction of sp³-hybridized carbons (Fsp3) is 0.647. The van der Waals surface area contributed by atoms with Gasteiger partial charge in [0.1, 0.15) is 0 Å². The molecule has 1 aromatic carbocycles. The summed E-state index contributed by atoms with van der Waals surface area (Å²) in [7, 11) is 0. The van der Waals surface area contributed by atoms with E-state index in [0.29, 0.717) is 11.3 Å². The van der Waals surface area contributed by atoms with Crippen molar-refractivity contribution >= 4 is 23.2 Å². The molecule has 20 heavy (non-hydrogen) atoms. The summed E-state index contributed by atoms with van der Waals surface area (Å²) >= 11 is 12.4. The number of nitrogens with two attached hydrogens (primary N) is 1. The molecule has 1 saturated carbocycles. The highest BCUT2D eigenvalue weighted by molar-refractivity contribution is 6.33. The Balaban J connectivity index is 2.12. The van der Waals surface area contributed by atoms with Crippen molar-refractivity contribution in [3.8, 4) is 0 Å². The summed E-state index contributed by atoms with van der Waals surface area (Å²) in [5.74, 6) is 1.24. The van der Waals surface area contributed by atoms with E-state index in [-0.39, 0.29) is 6.04 Å². The topological polar surface area (TPSA) is 26.0 Å². The second-order valence-electron chi connectivity index (χ2n) is 7.24. The quantitative estimate of drug-likeness (QED) is 0.785. The standard InChI is InChI=1S/C17H25Cl2N/c1-17(2,3)13-4-7-16(20)12(9-13)8-11-10-14(18)5-6-15(11)19/h5-6,10,12-13,16H,4,7-9,20H2,1-3H3. The maximum absolute atomic E-state index is 6.34. The lowest BCUT2D eigenvalue weighted by Gasteiger charge is -2.41. The molecule has 0 aromatic heterocycles. The molecule has 1 aliphatic rings. The van der Waals surface area contributed by atoms with Crippen molar-refractivity contribution in [3.63, 3.8) is 0 Å². The summed E-state index contributed by atoms with van der Waals surface area (Å²) in [5.41, 5.74) is 7.84. The predicted molar refractivity (Wildman–Crippen MR) is 88.4 cm³/mol. The van der Waals surface area contributed by atoms with E-state index in [1.165, 1.54) is 12.8 Å². The average Bonchev–Trinajstić information content (AvgIpc) is 2.35. The van der Waals surface area contributed by atoms with Gasteiger partial charge in [-0.1, -0.05) is 44.0 Å². The van der Waals surface area contributed by atoms with E-state index in [9.17, 15) is 0 Å². The molecule has 0 spiro atoms. The van der Waals surface area contributed by atoms with Crippen molar-refractivity contribution in [1.29, 1.82) is 0 Å². The highest BCUT2D eigenvalue weighted by Gasteiger charge is 2.34. The largest absolute Gasteiger partial charge is 0.327 e. The highest BCUT2D eigenvalue weighted by atomic mass is 35.5. The summed E-state index contributed by atoms with van der Waals surface area (Å²) in [6, 6.07) is 5.99. The third-order valence-corrected chi connectivity index (χ3v) is 5.36. The summed E-state index contributed by atoms with van der Waals surface area (Å²) in [5, 5.41) is 1.56. The van der Waals surface area contributed by atoms with Crippen LogP contribution in [0.3, 0.4) is 0 Å². The lowest BCUT2D eigenvalue weighted by Crippen LogP contribution is -2.40. The van der Waals surface area contributed by atoms with Crippen molar-refractivity contribution in [2.75, 3.05) is 0 Å². The van der Waals surface area contributed by atoms with Gasteiger partial charge >= 0.3 is 0 Å².